The third-order valence-electron chi connectivity index (χ3n) is 3.44. The SMILES string of the molecule is CC1CCC(C=CCCNC(C)(C)C)CC1. The lowest BCUT2D eigenvalue weighted by Gasteiger charge is -2.23. The van der Waals surface area contributed by atoms with Crippen molar-refractivity contribution in [1.29, 1.82) is 0 Å². The average Bonchev–Trinajstić information content (AvgIpc) is 2.19. The van der Waals surface area contributed by atoms with Crippen molar-refractivity contribution in [3.63, 3.8) is 0 Å². The van der Waals surface area contributed by atoms with E-state index in [9.17, 15) is 0 Å². The Morgan fingerprint density at radius 2 is 1.75 bits per heavy atom. The molecule has 1 fully saturated rings. The van der Waals surface area contributed by atoms with Crippen LogP contribution in [0.5, 0.6) is 0 Å². The highest BCUT2D eigenvalue weighted by molar-refractivity contribution is 4.91. The van der Waals surface area contributed by atoms with Gasteiger partial charge in [-0.15, -0.1) is 0 Å². The van der Waals surface area contributed by atoms with Gasteiger partial charge in [-0.3, -0.25) is 0 Å². The van der Waals surface area contributed by atoms with E-state index < -0.39 is 0 Å². The quantitative estimate of drug-likeness (QED) is 0.558. The number of rotatable bonds is 4. The first-order valence-electron chi connectivity index (χ1n) is 6.89. The summed E-state index contributed by atoms with van der Waals surface area (Å²) in [5.74, 6) is 1.83. The van der Waals surface area contributed by atoms with Crippen LogP contribution >= 0.6 is 0 Å². The van der Waals surface area contributed by atoms with E-state index in [1.54, 1.807) is 0 Å². The fraction of sp³-hybridized carbons (Fsp3) is 0.867. The summed E-state index contributed by atoms with van der Waals surface area (Å²) in [5.41, 5.74) is 0.258. The van der Waals surface area contributed by atoms with Crippen LogP contribution in [-0.4, -0.2) is 12.1 Å². The zero-order valence-electron chi connectivity index (χ0n) is 11.6. The molecule has 0 atom stereocenters. The van der Waals surface area contributed by atoms with E-state index >= 15 is 0 Å². The van der Waals surface area contributed by atoms with Gasteiger partial charge in [-0.2, -0.15) is 0 Å². The molecule has 0 aromatic rings. The number of hydrogen-bond acceptors (Lipinski definition) is 1. The second kappa shape index (κ2) is 6.44. The third kappa shape index (κ3) is 6.32. The van der Waals surface area contributed by atoms with Crippen molar-refractivity contribution in [2.24, 2.45) is 11.8 Å². The molecule has 0 radical (unpaired) electrons. The number of nitrogens with one attached hydrogen (secondary N) is 1. The molecule has 0 saturated heterocycles. The van der Waals surface area contributed by atoms with Gasteiger partial charge in [0.2, 0.25) is 0 Å². The number of allylic oxidation sites excluding steroid dienone is 1. The molecule has 0 aliphatic heterocycles. The average molecular weight is 223 g/mol. The lowest BCUT2D eigenvalue weighted by atomic mass is 9.83. The van der Waals surface area contributed by atoms with Crippen LogP contribution < -0.4 is 5.32 Å². The van der Waals surface area contributed by atoms with E-state index in [2.05, 4.69) is 45.2 Å². The molecule has 1 rings (SSSR count). The first-order chi connectivity index (χ1) is 7.47. The van der Waals surface area contributed by atoms with Gasteiger partial charge in [0, 0.05) is 5.54 Å². The summed E-state index contributed by atoms with van der Waals surface area (Å²) >= 11 is 0. The summed E-state index contributed by atoms with van der Waals surface area (Å²) < 4.78 is 0. The normalized spacial score (nSPS) is 27.5. The van der Waals surface area contributed by atoms with Gasteiger partial charge in [-0.05, 0) is 58.4 Å². The molecule has 1 aliphatic carbocycles. The molecule has 0 spiro atoms. The topological polar surface area (TPSA) is 12.0 Å². The molecule has 0 unspecified atom stereocenters. The fourth-order valence-electron chi connectivity index (χ4n) is 2.30. The van der Waals surface area contributed by atoms with E-state index in [4.69, 9.17) is 0 Å². The van der Waals surface area contributed by atoms with Gasteiger partial charge < -0.3 is 5.32 Å². The smallest absolute Gasteiger partial charge is 0.00966 e. The highest BCUT2D eigenvalue weighted by Gasteiger charge is 2.15. The summed E-state index contributed by atoms with van der Waals surface area (Å²) in [6, 6.07) is 0. The molecule has 0 aromatic heterocycles. The van der Waals surface area contributed by atoms with Gasteiger partial charge in [-0.25, -0.2) is 0 Å². The van der Waals surface area contributed by atoms with Crippen molar-refractivity contribution in [3.05, 3.63) is 12.2 Å². The molecule has 1 aliphatic rings. The molecule has 0 amide bonds. The summed E-state index contributed by atoms with van der Waals surface area (Å²) in [7, 11) is 0. The molecule has 1 saturated carbocycles. The van der Waals surface area contributed by atoms with Gasteiger partial charge in [0.05, 0.1) is 0 Å². The van der Waals surface area contributed by atoms with Crippen LogP contribution in [0, 0.1) is 11.8 Å². The Hall–Kier alpha value is -0.300. The Balaban J connectivity index is 2.08. The predicted octanol–water partition coefficient (Wildman–Crippen LogP) is 4.15. The van der Waals surface area contributed by atoms with Gasteiger partial charge in [0.25, 0.3) is 0 Å². The molecule has 16 heavy (non-hydrogen) atoms. The second-order valence-electron chi connectivity index (χ2n) is 6.41. The minimum atomic E-state index is 0.258. The van der Waals surface area contributed by atoms with Gasteiger partial charge in [-0.1, -0.05) is 31.9 Å². The fourth-order valence-corrected chi connectivity index (χ4v) is 2.30. The van der Waals surface area contributed by atoms with Crippen molar-refractivity contribution >= 4 is 0 Å². The zero-order chi connectivity index (χ0) is 12.0. The summed E-state index contributed by atoms with van der Waals surface area (Å²) in [6.07, 6.45) is 11.7. The maximum atomic E-state index is 3.52. The lowest BCUT2D eigenvalue weighted by Crippen LogP contribution is -2.36. The van der Waals surface area contributed by atoms with E-state index in [0.717, 1.165) is 18.4 Å². The Kier molecular flexibility index (Phi) is 5.54. The van der Waals surface area contributed by atoms with Gasteiger partial charge in [0.15, 0.2) is 0 Å². The number of hydrogen-bond donors (Lipinski definition) is 1. The van der Waals surface area contributed by atoms with Crippen molar-refractivity contribution < 1.29 is 0 Å². The molecule has 1 N–H and O–H groups in total. The van der Waals surface area contributed by atoms with Crippen LogP contribution in [0.3, 0.4) is 0 Å². The lowest BCUT2D eigenvalue weighted by molar-refractivity contribution is 0.330. The van der Waals surface area contributed by atoms with Gasteiger partial charge >= 0.3 is 0 Å². The molecule has 0 aromatic carbocycles. The molecule has 94 valence electrons. The highest BCUT2D eigenvalue weighted by atomic mass is 14.9. The third-order valence-corrected chi connectivity index (χ3v) is 3.44. The second-order valence-corrected chi connectivity index (χ2v) is 6.41. The Bertz CT molecular complexity index is 204. The van der Waals surface area contributed by atoms with Crippen molar-refractivity contribution in [3.8, 4) is 0 Å². The van der Waals surface area contributed by atoms with Crippen LogP contribution in [0.2, 0.25) is 0 Å². The first kappa shape index (κ1) is 13.8. The van der Waals surface area contributed by atoms with Crippen LogP contribution in [0.1, 0.15) is 59.8 Å². The van der Waals surface area contributed by atoms with Crippen LogP contribution in [0.15, 0.2) is 12.2 Å². The Labute approximate surface area is 102 Å². The van der Waals surface area contributed by atoms with Crippen LogP contribution in [0.4, 0.5) is 0 Å². The minimum Gasteiger partial charge on any atom is -0.312 e. The molecule has 0 bridgehead atoms. The summed E-state index contributed by atoms with van der Waals surface area (Å²) in [6.45, 7) is 10.1. The molecular weight excluding hydrogens is 194 g/mol. The summed E-state index contributed by atoms with van der Waals surface area (Å²) in [4.78, 5) is 0. The Morgan fingerprint density at radius 1 is 1.12 bits per heavy atom. The van der Waals surface area contributed by atoms with E-state index in [-0.39, 0.29) is 5.54 Å². The minimum absolute atomic E-state index is 0.258. The maximum Gasteiger partial charge on any atom is 0.00966 e. The van der Waals surface area contributed by atoms with Crippen LogP contribution in [0.25, 0.3) is 0 Å². The van der Waals surface area contributed by atoms with Crippen LogP contribution in [-0.2, 0) is 0 Å². The zero-order valence-corrected chi connectivity index (χ0v) is 11.6. The predicted molar refractivity (Wildman–Crippen MR) is 72.6 cm³/mol. The van der Waals surface area contributed by atoms with E-state index in [0.29, 0.717) is 0 Å². The van der Waals surface area contributed by atoms with Gasteiger partial charge in [0.1, 0.15) is 0 Å². The van der Waals surface area contributed by atoms with Crippen molar-refractivity contribution in [2.45, 2.75) is 65.3 Å². The van der Waals surface area contributed by atoms with Crippen molar-refractivity contribution in [1.82, 2.24) is 5.32 Å². The molecule has 1 nitrogen and oxygen atoms in total. The maximum absolute atomic E-state index is 3.52. The summed E-state index contributed by atoms with van der Waals surface area (Å²) in [5, 5.41) is 3.52. The molecule has 0 heterocycles. The van der Waals surface area contributed by atoms with E-state index in [1.165, 1.54) is 32.1 Å². The monoisotopic (exact) mass is 223 g/mol. The molecule has 1 heteroatoms. The highest BCUT2D eigenvalue weighted by Crippen LogP contribution is 2.28. The first-order valence-corrected chi connectivity index (χ1v) is 6.89. The Morgan fingerprint density at radius 3 is 2.31 bits per heavy atom. The molecular formula is C15H29N. The van der Waals surface area contributed by atoms with E-state index in [1.807, 2.05) is 0 Å². The van der Waals surface area contributed by atoms with Crippen molar-refractivity contribution in [2.75, 3.05) is 6.54 Å². The largest absolute Gasteiger partial charge is 0.312 e. The standard InChI is InChI=1S/C15H29N/c1-13-8-10-14(11-9-13)7-5-6-12-16-15(2,3)4/h5,7,13-14,16H,6,8-12H2,1-4H3.